The third-order valence-corrected chi connectivity index (χ3v) is 4.00. The van der Waals surface area contributed by atoms with E-state index in [1.165, 1.54) is 11.1 Å². The van der Waals surface area contributed by atoms with E-state index in [0.29, 0.717) is 0 Å². The van der Waals surface area contributed by atoms with Crippen molar-refractivity contribution in [2.45, 2.75) is 12.6 Å². The van der Waals surface area contributed by atoms with Crippen LogP contribution < -0.4 is 5.73 Å². The van der Waals surface area contributed by atoms with Crippen molar-refractivity contribution in [2.24, 2.45) is 0 Å². The van der Waals surface area contributed by atoms with Gasteiger partial charge < -0.3 is 10.5 Å². The Morgan fingerprint density at radius 2 is 1.95 bits per heavy atom. The van der Waals surface area contributed by atoms with Crippen molar-refractivity contribution >= 4 is 29.7 Å². The number of benzene rings is 2. The van der Waals surface area contributed by atoms with Gasteiger partial charge in [-0.3, -0.25) is 4.90 Å². The topological polar surface area (TPSA) is 38.5 Å². The molecule has 2 aromatic carbocycles. The normalized spacial score (nSPS) is 18.7. The summed E-state index contributed by atoms with van der Waals surface area (Å²) in [5.41, 5.74) is 9.08. The lowest BCUT2D eigenvalue weighted by molar-refractivity contribution is -0.0329. The van der Waals surface area contributed by atoms with Gasteiger partial charge in [0.25, 0.3) is 0 Å². The largest absolute Gasteiger partial charge is 0.399 e. The molecule has 1 unspecified atom stereocenters. The fourth-order valence-corrected chi connectivity index (χ4v) is 2.80. The lowest BCUT2D eigenvalue weighted by Crippen LogP contribution is -2.37. The molecule has 2 N–H and O–H groups in total. The Kier molecular flexibility index (Phi) is 6.09. The molecule has 1 fully saturated rings. The molecule has 0 saturated carbocycles. The van der Waals surface area contributed by atoms with Crippen LogP contribution in [0.5, 0.6) is 0 Å². The van der Waals surface area contributed by atoms with E-state index in [0.717, 1.165) is 37.0 Å². The molecule has 3 rings (SSSR count). The molecule has 22 heavy (non-hydrogen) atoms. The number of morpholine rings is 1. The Balaban J connectivity index is 0.00000176. The Bertz CT molecular complexity index is 604. The molecule has 1 aliphatic heterocycles. The molecule has 0 aliphatic carbocycles. The standard InChI is InChI=1S/C17H19ClN2O.ClH/c18-15-6-4-14(5-7-15)17-12-20(8-9-21-17)11-13-2-1-3-16(19)10-13;/h1-7,10,17H,8-9,11-12,19H2;1H. The molecular weight excluding hydrogens is 319 g/mol. The summed E-state index contributed by atoms with van der Waals surface area (Å²) in [6.07, 6.45) is 0.108. The number of rotatable bonds is 3. The number of nitrogen functional groups attached to an aromatic ring is 1. The maximum Gasteiger partial charge on any atom is 0.0952 e. The summed E-state index contributed by atoms with van der Waals surface area (Å²) in [6.45, 7) is 3.48. The van der Waals surface area contributed by atoms with Crippen LogP contribution in [-0.2, 0) is 11.3 Å². The number of nitrogens with zero attached hydrogens (tertiary/aromatic N) is 1. The second kappa shape index (κ2) is 7.84. The minimum absolute atomic E-state index is 0. The Labute approximate surface area is 142 Å². The molecule has 2 aromatic rings. The molecule has 118 valence electrons. The van der Waals surface area contributed by atoms with Crippen molar-refractivity contribution in [3.8, 4) is 0 Å². The molecule has 0 radical (unpaired) electrons. The van der Waals surface area contributed by atoms with Crippen LogP contribution in [0.4, 0.5) is 5.69 Å². The fraction of sp³-hybridized carbons (Fsp3) is 0.294. The first-order valence-corrected chi connectivity index (χ1v) is 7.52. The zero-order valence-electron chi connectivity index (χ0n) is 12.2. The van der Waals surface area contributed by atoms with E-state index >= 15 is 0 Å². The van der Waals surface area contributed by atoms with Crippen molar-refractivity contribution in [2.75, 3.05) is 25.4 Å². The third kappa shape index (κ3) is 4.37. The fourth-order valence-electron chi connectivity index (χ4n) is 2.67. The first-order valence-electron chi connectivity index (χ1n) is 7.14. The van der Waals surface area contributed by atoms with E-state index in [1.807, 2.05) is 42.5 Å². The minimum atomic E-state index is 0. The Morgan fingerprint density at radius 3 is 2.68 bits per heavy atom. The second-order valence-corrected chi connectivity index (χ2v) is 5.83. The SMILES string of the molecule is Cl.Nc1cccc(CN2CCOC(c3ccc(Cl)cc3)C2)c1. The van der Waals surface area contributed by atoms with Gasteiger partial charge in [0.15, 0.2) is 0 Å². The summed E-state index contributed by atoms with van der Waals surface area (Å²) in [5.74, 6) is 0. The molecule has 0 amide bonds. The summed E-state index contributed by atoms with van der Waals surface area (Å²) >= 11 is 5.94. The number of hydrogen-bond acceptors (Lipinski definition) is 3. The van der Waals surface area contributed by atoms with Gasteiger partial charge in [0.2, 0.25) is 0 Å². The van der Waals surface area contributed by atoms with Crippen molar-refractivity contribution in [3.05, 3.63) is 64.7 Å². The summed E-state index contributed by atoms with van der Waals surface area (Å²) in [7, 11) is 0. The van der Waals surface area contributed by atoms with Crippen LogP contribution >= 0.6 is 24.0 Å². The maximum absolute atomic E-state index is 5.94. The van der Waals surface area contributed by atoms with E-state index in [4.69, 9.17) is 22.1 Å². The minimum Gasteiger partial charge on any atom is -0.399 e. The van der Waals surface area contributed by atoms with Gasteiger partial charge in [0.1, 0.15) is 0 Å². The highest BCUT2D eigenvalue weighted by atomic mass is 35.5. The highest BCUT2D eigenvalue weighted by Crippen LogP contribution is 2.24. The lowest BCUT2D eigenvalue weighted by atomic mass is 10.1. The second-order valence-electron chi connectivity index (χ2n) is 5.39. The number of hydrogen-bond donors (Lipinski definition) is 1. The van der Waals surface area contributed by atoms with E-state index in [2.05, 4.69) is 11.0 Å². The van der Waals surface area contributed by atoms with Gasteiger partial charge >= 0.3 is 0 Å². The molecule has 0 spiro atoms. The number of anilines is 1. The van der Waals surface area contributed by atoms with Crippen molar-refractivity contribution in [3.63, 3.8) is 0 Å². The van der Waals surface area contributed by atoms with E-state index in [1.54, 1.807) is 0 Å². The van der Waals surface area contributed by atoms with E-state index in [9.17, 15) is 0 Å². The molecule has 1 atom stereocenters. The van der Waals surface area contributed by atoms with Crippen molar-refractivity contribution in [1.82, 2.24) is 4.90 Å². The van der Waals surface area contributed by atoms with Crippen LogP contribution in [0, 0.1) is 0 Å². The highest BCUT2D eigenvalue weighted by molar-refractivity contribution is 6.30. The molecule has 3 nitrogen and oxygen atoms in total. The Hall–Kier alpha value is -1.26. The van der Waals surface area contributed by atoms with Gasteiger partial charge in [-0.05, 0) is 35.4 Å². The summed E-state index contributed by atoms with van der Waals surface area (Å²) in [6, 6.07) is 16.0. The van der Waals surface area contributed by atoms with Gasteiger partial charge in [-0.2, -0.15) is 0 Å². The van der Waals surface area contributed by atoms with Gasteiger partial charge in [-0.1, -0.05) is 35.9 Å². The average Bonchev–Trinajstić information content (AvgIpc) is 2.48. The molecule has 1 aliphatic rings. The summed E-state index contributed by atoms with van der Waals surface area (Å²) < 4.78 is 5.89. The molecule has 5 heteroatoms. The molecule has 1 saturated heterocycles. The van der Waals surface area contributed by atoms with Gasteiger partial charge in [-0.15, -0.1) is 12.4 Å². The van der Waals surface area contributed by atoms with Crippen LogP contribution in [0.1, 0.15) is 17.2 Å². The van der Waals surface area contributed by atoms with E-state index in [-0.39, 0.29) is 18.5 Å². The predicted octanol–water partition coefficient (Wildman–Crippen LogP) is 3.92. The molecule has 0 bridgehead atoms. The number of halogens is 2. The lowest BCUT2D eigenvalue weighted by Gasteiger charge is -2.33. The number of ether oxygens (including phenoxy) is 1. The smallest absolute Gasteiger partial charge is 0.0952 e. The van der Waals surface area contributed by atoms with Crippen molar-refractivity contribution in [1.29, 1.82) is 0 Å². The maximum atomic E-state index is 5.94. The van der Waals surface area contributed by atoms with Crippen LogP contribution in [0.25, 0.3) is 0 Å². The molecule has 0 aromatic heterocycles. The predicted molar refractivity (Wildman–Crippen MR) is 93.5 cm³/mol. The third-order valence-electron chi connectivity index (χ3n) is 3.75. The monoisotopic (exact) mass is 338 g/mol. The van der Waals surface area contributed by atoms with Crippen LogP contribution in [0.2, 0.25) is 5.02 Å². The first-order chi connectivity index (χ1) is 10.2. The number of nitrogens with two attached hydrogens (primary N) is 1. The zero-order chi connectivity index (χ0) is 14.7. The first kappa shape index (κ1) is 17.1. The van der Waals surface area contributed by atoms with Gasteiger partial charge in [0.05, 0.1) is 12.7 Å². The van der Waals surface area contributed by atoms with Gasteiger partial charge in [0, 0.05) is 30.3 Å². The van der Waals surface area contributed by atoms with Crippen LogP contribution in [0.3, 0.4) is 0 Å². The van der Waals surface area contributed by atoms with Crippen molar-refractivity contribution < 1.29 is 4.74 Å². The van der Waals surface area contributed by atoms with Crippen LogP contribution in [-0.4, -0.2) is 24.6 Å². The quantitative estimate of drug-likeness (QED) is 0.862. The van der Waals surface area contributed by atoms with E-state index < -0.39 is 0 Å². The highest BCUT2D eigenvalue weighted by Gasteiger charge is 2.21. The summed E-state index contributed by atoms with van der Waals surface area (Å²) in [4.78, 5) is 2.40. The van der Waals surface area contributed by atoms with Crippen LogP contribution in [0.15, 0.2) is 48.5 Å². The summed E-state index contributed by atoms with van der Waals surface area (Å²) in [5, 5.41) is 0.756. The molecular formula is C17H20Cl2N2O. The zero-order valence-corrected chi connectivity index (χ0v) is 13.8. The average molecular weight is 339 g/mol. The molecule has 1 heterocycles. The van der Waals surface area contributed by atoms with Gasteiger partial charge in [-0.25, -0.2) is 0 Å². The Morgan fingerprint density at radius 1 is 1.18 bits per heavy atom.